The number of hydrazine groups is 1. The summed E-state index contributed by atoms with van der Waals surface area (Å²) in [7, 11) is 1.70. The van der Waals surface area contributed by atoms with E-state index in [0.29, 0.717) is 4.97 Å². The van der Waals surface area contributed by atoms with Crippen molar-refractivity contribution in [2.24, 2.45) is 5.28 Å². The van der Waals surface area contributed by atoms with Crippen LogP contribution >= 0.6 is 0 Å². The van der Waals surface area contributed by atoms with Crippen LogP contribution in [0.2, 0.25) is 0 Å². The van der Waals surface area contributed by atoms with Crippen molar-refractivity contribution in [2.75, 3.05) is 20.1 Å². The van der Waals surface area contributed by atoms with Crippen molar-refractivity contribution in [1.82, 2.24) is 9.91 Å². The van der Waals surface area contributed by atoms with Crippen molar-refractivity contribution < 1.29 is 9.81 Å². The molecule has 0 aromatic heterocycles. The summed E-state index contributed by atoms with van der Waals surface area (Å²) in [5.41, 5.74) is 1.00. The van der Waals surface area contributed by atoms with E-state index in [0.717, 1.165) is 26.1 Å². The van der Waals surface area contributed by atoms with Crippen LogP contribution in [0.4, 0.5) is 0 Å². The standard InChI is InChI=1S/C16H26N4O2/c1-16(2,3)18(4)20(21)17-22-15-10-11-19(13-15)12-14-8-6-5-7-9-14/h5-9,15H,10-13H2,1-4H3/b20-17+/t15-/m1/s1. The van der Waals surface area contributed by atoms with Crippen molar-refractivity contribution in [3.8, 4) is 0 Å². The zero-order chi connectivity index (χ0) is 16.2. The summed E-state index contributed by atoms with van der Waals surface area (Å²) in [6, 6.07) is 10.4. The molecule has 1 heterocycles. The van der Waals surface area contributed by atoms with Crippen LogP contribution < -0.4 is 0 Å². The molecule has 0 amide bonds. The summed E-state index contributed by atoms with van der Waals surface area (Å²) in [5, 5.41) is 17.1. The molecule has 6 heteroatoms. The Morgan fingerprint density at radius 3 is 2.68 bits per heavy atom. The molecule has 0 saturated carbocycles. The minimum Gasteiger partial charge on any atom is -0.569 e. The maximum absolute atomic E-state index is 11.9. The molecule has 1 fully saturated rings. The lowest BCUT2D eigenvalue weighted by Gasteiger charge is -2.26. The monoisotopic (exact) mass is 306 g/mol. The fraction of sp³-hybridized carbons (Fsp3) is 0.625. The molecule has 1 saturated heterocycles. The molecule has 1 atom stereocenters. The van der Waals surface area contributed by atoms with Crippen molar-refractivity contribution in [3.05, 3.63) is 41.1 Å². The Morgan fingerprint density at radius 2 is 2.05 bits per heavy atom. The first-order valence-electron chi connectivity index (χ1n) is 7.70. The van der Waals surface area contributed by atoms with Gasteiger partial charge >= 0.3 is 0 Å². The van der Waals surface area contributed by atoms with E-state index < -0.39 is 0 Å². The average Bonchev–Trinajstić information content (AvgIpc) is 2.91. The second kappa shape index (κ2) is 6.96. The molecule has 0 spiro atoms. The first kappa shape index (κ1) is 16.5. The molecule has 2 rings (SSSR count). The largest absolute Gasteiger partial charge is 0.569 e. The molecule has 1 aliphatic heterocycles. The summed E-state index contributed by atoms with van der Waals surface area (Å²) in [6.45, 7) is 8.51. The van der Waals surface area contributed by atoms with Crippen LogP contribution in [0.25, 0.3) is 0 Å². The van der Waals surface area contributed by atoms with E-state index in [9.17, 15) is 5.21 Å². The highest BCUT2D eigenvalue weighted by molar-refractivity contribution is 5.14. The van der Waals surface area contributed by atoms with Gasteiger partial charge in [-0.25, -0.2) is 0 Å². The predicted molar refractivity (Wildman–Crippen MR) is 84.8 cm³/mol. The molecule has 1 aromatic carbocycles. The lowest BCUT2D eigenvalue weighted by molar-refractivity contribution is -0.720. The van der Waals surface area contributed by atoms with Crippen molar-refractivity contribution in [1.29, 1.82) is 0 Å². The Bertz CT molecular complexity index is 499. The third kappa shape index (κ3) is 4.59. The second-order valence-corrected chi connectivity index (χ2v) is 6.77. The van der Waals surface area contributed by atoms with Gasteiger partial charge in [0.1, 0.15) is 6.10 Å². The Kier molecular flexibility index (Phi) is 5.24. The van der Waals surface area contributed by atoms with Gasteiger partial charge in [0.05, 0.1) is 17.6 Å². The summed E-state index contributed by atoms with van der Waals surface area (Å²) in [6.07, 6.45) is 0.872. The van der Waals surface area contributed by atoms with Gasteiger partial charge in [0, 0.05) is 26.1 Å². The Labute approximate surface area is 132 Å². The third-order valence-electron chi connectivity index (χ3n) is 3.97. The average molecular weight is 306 g/mol. The number of likely N-dealkylation sites (tertiary alicyclic amines) is 1. The Hall–Kier alpha value is -1.82. The number of nitrogens with zero attached hydrogens (tertiary/aromatic N) is 4. The number of rotatable bonds is 5. The maximum atomic E-state index is 11.9. The van der Waals surface area contributed by atoms with Gasteiger partial charge in [-0.05, 0) is 26.3 Å². The highest BCUT2D eigenvalue weighted by Gasteiger charge is 2.27. The molecule has 0 radical (unpaired) electrons. The number of hydrogen-bond acceptors (Lipinski definition) is 4. The summed E-state index contributed by atoms with van der Waals surface area (Å²) < 4.78 is 0. The van der Waals surface area contributed by atoms with Gasteiger partial charge < -0.3 is 10.0 Å². The van der Waals surface area contributed by atoms with Crippen molar-refractivity contribution in [2.45, 2.75) is 45.4 Å². The minimum atomic E-state index is -0.288. The zero-order valence-corrected chi connectivity index (χ0v) is 13.9. The lowest BCUT2D eigenvalue weighted by atomic mass is 10.1. The van der Waals surface area contributed by atoms with Crippen LogP contribution in [0.1, 0.15) is 32.8 Å². The van der Waals surface area contributed by atoms with E-state index in [-0.39, 0.29) is 11.6 Å². The smallest absolute Gasteiger partial charge is 0.233 e. The zero-order valence-electron chi connectivity index (χ0n) is 13.9. The number of hydrogen-bond donors (Lipinski definition) is 0. The minimum absolute atomic E-state index is 0.0199. The molecule has 122 valence electrons. The van der Waals surface area contributed by atoms with Crippen LogP contribution in [-0.4, -0.2) is 46.7 Å². The summed E-state index contributed by atoms with van der Waals surface area (Å²) in [4.78, 5) is 8.25. The predicted octanol–water partition coefficient (Wildman–Crippen LogP) is 2.80. The molecule has 1 aromatic rings. The maximum Gasteiger partial charge on any atom is 0.233 e. The molecule has 0 N–H and O–H groups in total. The fourth-order valence-electron chi connectivity index (χ4n) is 2.29. The molecule has 6 nitrogen and oxygen atoms in total. The molecule has 1 aliphatic rings. The second-order valence-electron chi connectivity index (χ2n) is 6.77. The first-order valence-corrected chi connectivity index (χ1v) is 7.70. The fourth-order valence-corrected chi connectivity index (χ4v) is 2.29. The highest BCUT2D eigenvalue weighted by atomic mass is 16.7. The van der Waals surface area contributed by atoms with Gasteiger partial charge in [0.15, 0.2) is 0 Å². The lowest BCUT2D eigenvalue weighted by Crippen LogP contribution is -2.42. The molecule has 0 unspecified atom stereocenters. The summed E-state index contributed by atoms with van der Waals surface area (Å²) >= 11 is 0. The third-order valence-corrected chi connectivity index (χ3v) is 3.97. The molecule has 0 aliphatic carbocycles. The van der Waals surface area contributed by atoms with Crippen LogP contribution in [0.3, 0.4) is 0 Å². The van der Waals surface area contributed by atoms with Gasteiger partial charge in [-0.3, -0.25) is 4.90 Å². The molecule has 0 bridgehead atoms. The van der Waals surface area contributed by atoms with Crippen LogP contribution in [0.5, 0.6) is 0 Å². The summed E-state index contributed by atoms with van der Waals surface area (Å²) in [5.74, 6) is 0. The van der Waals surface area contributed by atoms with Gasteiger partial charge in [-0.2, -0.15) is 0 Å². The Balaban J connectivity index is 1.81. The SMILES string of the molecule is CN(/[N+]([O-])=N\O[C@@H]1CCN(Cc2ccccc2)C1)C(C)(C)C. The van der Waals surface area contributed by atoms with Crippen LogP contribution in [0.15, 0.2) is 35.6 Å². The molecular weight excluding hydrogens is 280 g/mol. The van der Waals surface area contributed by atoms with Gasteiger partial charge in [-0.15, -0.1) is 5.01 Å². The highest BCUT2D eigenvalue weighted by Crippen LogP contribution is 2.17. The van der Waals surface area contributed by atoms with Gasteiger partial charge in [0.25, 0.3) is 0 Å². The number of benzene rings is 1. The topological polar surface area (TPSA) is 54.1 Å². The van der Waals surface area contributed by atoms with Crippen LogP contribution in [0, 0.1) is 5.21 Å². The van der Waals surface area contributed by atoms with E-state index in [1.165, 1.54) is 10.6 Å². The van der Waals surface area contributed by atoms with E-state index in [2.05, 4.69) is 22.3 Å². The molecule has 22 heavy (non-hydrogen) atoms. The van der Waals surface area contributed by atoms with E-state index in [1.807, 2.05) is 39.0 Å². The quantitative estimate of drug-likeness (QED) is 0.477. The normalized spacial score (nSPS) is 20.2. The molecular formula is C16H26N4O2. The van der Waals surface area contributed by atoms with Crippen LogP contribution in [-0.2, 0) is 11.4 Å². The van der Waals surface area contributed by atoms with E-state index >= 15 is 0 Å². The van der Waals surface area contributed by atoms with E-state index in [1.54, 1.807) is 7.05 Å². The van der Waals surface area contributed by atoms with Crippen molar-refractivity contribution in [3.63, 3.8) is 0 Å². The van der Waals surface area contributed by atoms with Gasteiger partial charge in [-0.1, -0.05) is 30.3 Å². The first-order chi connectivity index (χ1) is 10.4. The Morgan fingerprint density at radius 1 is 1.36 bits per heavy atom. The van der Waals surface area contributed by atoms with Crippen molar-refractivity contribution >= 4 is 0 Å². The van der Waals surface area contributed by atoms with Gasteiger partial charge in [0.2, 0.25) is 5.28 Å². The van der Waals surface area contributed by atoms with E-state index in [4.69, 9.17) is 4.84 Å².